The minimum atomic E-state index is -4.47. The first-order chi connectivity index (χ1) is 7.96. The van der Waals surface area contributed by atoms with Crippen LogP contribution in [0, 0.1) is 11.3 Å². The summed E-state index contributed by atoms with van der Waals surface area (Å²) in [5.74, 6) is -0.895. The number of esters is 1. The topological polar surface area (TPSA) is 104 Å². The lowest BCUT2D eigenvalue weighted by Gasteiger charge is -2.06. The summed E-state index contributed by atoms with van der Waals surface area (Å²) >= 11 is 0. The average Bonchev–Trinajstić information content (AvgIpc) is 2.28. The second kappa shape index (κ2) is 5.43. The van der Waals surface area contributed by atoms with Crippen molar-refractivity contribution in [1.29, 1.82) is 5.26 Å². The number of carbonyl (C=O) groups excluding carboxylic acids is 1. The maximum atomic E-state index is 11.5. The molecule has 0 aliphatic rings. The number of carbonyl (C=O) groups is 1. The fourth-order valence-corrected chi connectivity index (χ4v) is 1.81. The van der Waals surface area contributed by atoms with Crippen LogP contribution in [0.1, 0.15) is 16.8 Å². The van der Waals surface area contributed by atoms with Gasteiger partial charge in [-0.2, -0.15) is 13.7 Å². The number of rotatable bonds is 4. The normalized spacial score (nSPS) is 10.6. The molecule has 7 heteroatoms. The highest BCUT2D eigenvalue weighted by molar-refractivity contribution is 7.86. The average molecular weight is 255 g/mol. The Balaban J connectivity index is 2.99. The van der Waals surface area contributed by atoms with Gasteiger partial charge in [0.1, 0.15) is 11.5 Å². The van der Waals surface area contributed by atoms with Crippen LogP contribution in [0.25, 0.3) is 0 Å². The highest BCUT2D eigenvalue weighted by atomic mass is 32.2. The van der Waals surface area contributed by atoms with Gasteiger partial charge in [0.05, 0.1) is 18.1 Å². The van der Waals surface area contributed by atoms with E-state index in [1.165, 1.54) is 18.2 Å². The highest BCUT2D eigenvalue weighted by Gasteiger charge is 2.20. The molecule has 0 saturated carbocycles. The lowest BCUT2D eigenvalue weighted by Crippen LogP contribution is -2.12. The number of hydrogen-bond donors (Lipinski definition) is 1. The number of nitrogens with zero attached hydrogens (tertiary/aromatic N) is 1. The zero-order chi connectivity index (χ0) is 12.9. The van der Waals surface area contributed by atoms with Gasteiger partial charge in [-0.05, 0) is 12.1 Å². The molecule has 0 aliphatic heterocycles. The SMILES string of the molecule is N#CCCOC(=O)c1ccccc1S(=O)(=O)O. The van der Waals surface area contributed by atoms with Gasteiger partial charge in [0.25, 0.3) is 10.1 Å². The van der Waals surface area contributed by atoms with E-state index in [0.717, 1.165) is 6.07 Å². The van der Waals surface area contributed by atoms with Crippen molar-refractivity contribution in [2.75, 3.05) is 6.61 Å². The molecule has 0 radical (unpaired) electrons. The second-order valence-corrected chi connectivity index (χ2v) is 4.41. The molecule has 0 aromatic heterocycles. The molecule has 0 amide bonds. The first-order valence-electron chi connectivity index (χ1n) is 4.57. The number of ether oxygens (including phenoxy) is 1. The number of nitriles is 1. The zero-order valence-electron chi connectivity index (χ0n) is 8.66. The minimum absolute atomic E-state index is 0.0137. The van der Waals surface area contributed by atoms with Crippen LogP contribution < -0.4 is 0 Å². The van der Waals surface area contributed by atoms with Gasteiger partial charge in [-0.1, -0.05) is 12.1 Å². The molecule has 0 heterocycles. The Morgan fingerprint density at radius 1 is 1.41 bits per heavy atom. The molecule has 1 aromatic rings. The van der Waals surface area contributed by atoms with Crippen molar-refractivity contribution in [3.05, 3.63) is 29.8 Å². The van der Waals surface area contributed by atoms with Crippen molar-refractivity contribution in [3.8, 4) is 6.07 Å². The summed E-state index contributed by atoms with van der Waals surface area (Å²) in [6.45, 7) is -0.130. The molecule has 1 N–H and O–H groups in total. The lowest BCUT2D eigenvalue weighted by molar-refractivity contribution is 0.0508. The van der Waals surface area contributed by atoms with E-state index in [9.17, 15) is 13.2 Å². The molecule has 0 saturated heterocycles. The van der Waals surface area contributed by atoms with Crippen LogP contribution in [-0.2, 0) is 14.9 Å². The van der Waals surface area contributed by atoms with E-state index in [1.807, 2.05) is 0 Å². The van der Waals surface area contributed by atoms with Crippen LogP contribution in [0.15, 0.2) is 29.2 Å². The van der Waals surface area contributed by atoms with Crippen LogP contribution in [0.2, 0.25) is 0 Å². The summed E-state index contributed by atoms with van der Waals surface area (Å²) in [6.07, 6.45) is 0.0137. The quantitative estimate of drug-likeness (QED) is 0.489. The summed E-state index contributed by atoms with van der Waals surface area (Å²) < 4.78 is 35.5. The van der Waals surface area contributed by atoms with E-state index in [4.69, 9.17) is 9.81 Å². The van der Waals surface area contributed by atoms with Gasteiger partial charge in [-0.15, -0.1) is 0 Å². The standard InChI is InChI=1S/C10H9NO5S/c11-6-3-7-16-10(12)8-4-1-2-5-9(8)17(13,14)15/h1-2,4-5H,3,7H2,(H,13,14,15). The Bertz CT molecular complexity index is 558. The predicted octanol–water partition coefficient (Wildman–Crippen LogP) is 1.00. The molecule has 90 valence electrons. The summed E-state index contributed by atoms with van der Waals surface area (Å²) in [5.41, 5.74) is -0.257. The first kappa shape index (κ1) is 13.2. The van der Waals surface area contributed by atoms with Crippen LogP contribution >= 0.6 is 0 Å². The Hall–Kier alpha value is -1.91. The maximum absolute atomic E-state index is 11.5. The summed E-state index contributed by atoms with van der Waals surface area (Å²) in [7, 11) is -4.47. The molecule has 0 aliphatic carbocycles. The molecule has 0 spiro atoms. The Morgan fingerprint density at radius 2 is 2.06 bits per heavy atom. The van der Waals surface area contributed by atoms with Crippen molar-refractivity contribution >= 4 is 16.1 Å². The fraction of sp³-hybridized carbons (Fsp3) is 0.200. The third kappa shape index (κ3) is 3.55. The Morgan fingerprint density at radius 3 is 2.65 bits per heavy atom. The maximum Gasteiger partial charge on any atom is 0.339 e. The monoisotopic (exact) mass is 255 g/mol. The van der Waals surface area contributed by atoms with Crippen molar-refractivity contribution in [2.45, 2.75) is 11.3 Å². The van der Waals surface area contributed by atoms with E-state index < -0.39 is 21.0 Å². The van der Waals surface area contributed by atoms with E-state index >= 15 is 0 Å². The van der Waals surface area contributed by atoms with Crippen LogP contribution in [0.3, 0.4) is 0 Å². The van der Waals surface area contributed by atoms with Crippen LogP contribution in [-0.4, -0.2) is 25.5 Å². The molecule has 0 unspecified atom stereocenters. The van der Waals surface area contributed by atoms with Gasteiger partial charge in [-0.3, -0.25) is 4.55 Å². The van der Waals surface area contributed by atoms with Crippen molar-refractivity contribution in [1.82, 2.24) is 0 Å². The molecule has 0 bridgehead atoms. The molecule has 6 nitrogen and oxygen atoms in total. The molecule has 0 fully saturated rings. The third-order valence-corrected chi connectivity index (χ3v) is 2.74. The Kier molecular flexibility index (Phi) is 4.20. The fourth-order valence-electron chi connectivity index (χ4n) is 1.13. The number of benzene rings is 1. The van der Waals surface area contributed by atoms with Crippen molar-refractivity contribution < 1.29 is 22.5 Å². The van der Waals surface area contributed by atoms with E-state index in [2.05, 4.69) is 4.74 Å². The van der Waals surface area contributed by atoms with Gasteiger partial charge >= 0.3 is 5.97 Å². The molecule has 1 rings (SSSR count). The molecule has 1 aromatic carbocycles. The van der Waals surface area contributed by atoms with Crippen LogP contribution in [0.5, 0.6) is 0 Å². The van der Waals surface area contributed by atoms with Gasteiger partial charge in [0.15, 0.2) is 0 Å². The van der Waals surface area contributed by atoms with E-state index in [0.29, 0.717) is 0 Å². The van der Waals surface area contributed by atoms with E-state index in [-0.39, 0.29) is 18.6 Å². The van der Waals surface area contributed by atoms with Crippen molar-refractivity contribution in [2.24, 2.45) is 0 Å². The lowest BCUT2D eigenvalue weighted by atomic mass is 10.2. The third-order valence-electron chi connectivity index (χ3n) is 1.83. The summed E-state index contributed by atoms with van der Waals surface area (Å²) in [4.78, 5) is 11.0. The molecular formula is C10H9NO5S. The Labute approximate surface area is 98.2 Å². The molecule has 17 heavy (non-hydrogen) atoms. The summed E-state index contributed by atoms with van der Waals surface area (Å²) in [5, 5.41) is 8.26. The molecular weight excluding hydrogens is 246 g/mol. The van der Waals surface area contributed by atoms with Gasteiger partial charge < -0.3 is 4.74 Å². The smallest absolute Gasteiger partial charge is 0.339 e. The van der Waals surface area contributed by atoms with Gasteiger partial charge in [0, 0.05) is 0 Å². The second-order valence-electron chi connectivity index (χ2n) is 3.02. The van der Waals surface area contributed by atoms with Crippen molar-refractivity contribution in [3.63, 3.8) is 0 Å². The predicted molar refractivity (Wildman–Crippen MR) is 56.8 cm³/mol. The minimum Gasteiger partial charge on any atom is -0.461 e. The first-order valence-corrected chi connectivity index (χ1v) is 6.01. The van der Waals surface area contributed by atoms with E-state index in [1.54, 1.807) is 6.07 Å². The van der Waals surface area contributed by atoms with Gasteiger partial charge in [-0.25, -0.2) is 4.79 Å². The zero-order valence-corrected chi connectivity index (χ0v) is 9.48. The van der Waals surface area contributed by atoms with Crippen LogP contribution in [0.4, 0.5) is 0 Å². The molecule has 0 atom stereocenters. The number of hydrogen-bond acceptors (Lipinski definition) is 5. The summed E-state index contributed by atoms with van der Waals surface area (Å²) in [6, 6.07) is 6.90. The largest absolute Gasteiger partial charge is 0.461 e. The van der Waals surface area contributed by atoms with Gasteiger partial charge in [0.2, 0.25) is 0 Å². The highest BCUT2D eigenvalue weighted by Crippen LogP contribution is 2.16.